The van der Waals surface area contributed by atoms with Gasteiger partial charge < -0.3 is 10.2 Å². The van der Waals surface area contributed by atoms with Gasteiger partial charge in [0.2, 0.25) is 0 Å². The quantitative estimate of drug-likeness (QED) is 0.543. The van der Waals surface area contributed by atoms with Gasteiger partial charge in [-0.05, 0) is 44.6 Å². The van der Waals surface area contributed by atoms with E-state index in [0.717, 1.165) is 43.6 Å². The third-order valence-electron chi connectivity index (χ3n) is 3.08. The Kier molecular flexibility index (Phi) is 7.38. The highest BCUT2D eigenvalue weighted by molar-refractivity contribution is 5.25. The van der Waals surface area contributed by atoms with E-state index in [-0.39, 0.29) is 5.82 Å². The van der Waals surface area contributed by atoms with E-state index in [2.05, 4.69) is 23.7 Å². The Labute approximate surface area is 116 Å². The van der Waals surface area contributed by atoms with Crippen LogP contribution in [-0.4, -0.2) is 25.0 Å². The normalized spacial score (nSPS) is 10.9. The zero-order chi connectivity index (χ0) is 14.1. The summed E-state index contributed by atoms with van der Waals surface area (Å²) in [5, 5.41) is 3.26. The molecule has 0 heterocycles. The van der Waals surface area contributed by atoms with Gasteiger partial charge in [0.15, 0.2) is 0 Å². The number of hydrogen-bond donors (Lipinski definition) is 1. The molecule has 0 radical (unpaired) electrons. The minimum absolute atomic E-state index is 0.115. The molecule has 0 saturated heterocycles. The van der Waals surface area contributed by atoms with E-state index in [1.807, 2.05) is 25.3 Å². The first-order valence-corrected chi connectivity index (χ1v) is 6.94. The van der Waals surface area contributed by atoms with Gasteiger partial charge in [-0.3, -0.25) is 0 Å². The number of hydrogen-bond acceptors (Lipinski definition) is 2. The molecule has 0 spiro atoms. The van der Waals surface area contributed by atoms with Crippen molar-refractivity contribution in [3.8, 4) is 0 Å². The topological polar surface area (TPSA) is 15.3 Å². The SMILES string of the molecule is C=CCCCN(C)Cc1cc(CNCC)ccc1F. The summed E-state index contributed by atoms with van der Waals surface area (Å²) in [5.41, 5.74) is 1.91. The van der Waals surface area contributed by atoms with E-state index < -0.39 is 0 Å². The fourth-order valence-electron chi connectivity index (χ4n) is 2.00. The molecule has 0 atom stereocenters. The Hall–Kier alpha value is -1.19. The first-order valence-electron chi connectivity index (χ1n) is 6.94. The number of benzene rings is 1. The first-order chi connectivity index (χ1) is 9.17. The van der Waals surface area contributed by atoms with Gasteiger partial charge in [-0.2, -0.15) is 0 Å². The summed E-state index contributed by atoms with van der Waals surface area (Å²) in [4.78, 5) is 2.15. The summed E-state index contributed by atoms with van der Waals surface area (Å²) in [5.74, 6) is -0.115. The second kappa shape index (κ2) is 8.83. The lowest BCUT2D eigenvalue weighted by molar-refractivity contribution is 0.317. The summed E-state index contributed by atoms with van der Waals surface area (Å²) >= 11 is 0. The Morgan fingerprint density at radius 3 is 2.89 bits per heavy atom. The Bertz CT molecular complexity index is 390. The maximum absolute atomic E-state index is 13.8. The third-order valence-corrected chi connectivity index (χ3v) is 3.08. The maximum atomic E-state index is 13.8. The maximum Gasteiger partial charge on any atom is 0.127 e. The van der Waals surface area contributed by atoms with E-state index in [4.69, 9.17) is 0 Å². The minimum atomic E-state index is -0.115. The van der Waals surface area contributed by atoms with Crippen LogP contribution in [0.1, 0.15) is 30.9 Å². The van der Waals surface area contributed by atoms with Gasteiger partial charge in [0.1, 0.15) is 5.82 Å². The van der Waals surface area contributed by atoms with E-state index in [1.165, 1.54) is 0 Å². The molecule has 0 fully saturated rings. The molecule has 1 aromatic rings. The van der Waals surface area contributed by atoms with Gasteiger partial charge in [0, 0.05) is 18.7 Å². The lowest BCUT2D eigenvalue weighted by Crippen LogP contribution is -2.20. The van der Waals surface area contributed by atoms with Crippen molar-refractivity contribution < 1.29 is 4.39 Å². The van der Waals surface area contributed by atoms with Crippen molar-refractivity contribution in [2.45, 2.75) is 32.9 Å². The monoisotopic (exact) mass is 264 g/mol. The van der Waals surface area contributed by atoms with Gasteiger partial charge in [-0.1, -0.05) is 25.1 Å². The zero-order valence-electron chi connectivity index (χ0n) is 12.1. The van der Waals surface area contributed by atoms with Crippen LogP contribution >= 0.6 is 0 Å². The highest BCUT2D eigenvalue weighted by atomic mass is 19.1. The van der Waals surface area contributed by atoms with Crippen molar-refractivity contribution in [3.63, 3.8) is 0 Å². The van der Waals surface area contributed by atoms with Gasteiger partial charge in [0.25, 0.3) is 0 Å². The zero-order valence-corrected chi connectivity index (χ0v) is 12.1. The predicted molar refractivity (Wildman–Crippen MR) is 79.5 cm³/mol. The summed E-state index contributed by atoms with van der Waals surface area (Å²) in [6.07, 6.45) is 4.00. The van der Waals surface area contributed by atoms with E-state index in [1.54, 1.807) is 6.07 Å². The van der Waals surface area contributed by atoms with Gasteiger partial charge in [-0.15, -0.1) is 6.58 Å². The Balaban J connectivity index is 2.57. The van der Waals surface area contributed by atoms with Crippen LogP contribution in [-0.2, 0) is 13.1 Å². The van der Waals surface area contributed by atoms with Crippen molar-refractivity contribution in [2.24, 2.45) is 0 Å². The Morgan fingerprint density at radius 1 is 1.42 bits per heavy atom. The van der Waals surface area contributed by atoms with Crippen molar-refractivity contribution >= 4 is 0 Å². The molecule has 2 nitrogen and oxygen atoms in total. The van der Waals surface area contributed by atoms with Gasteiger partial charge in [0.05, 0.1) is 0 Å². The molecule has 0 unspecified atom stereocenters. The molecule has 0 aromatic heterocycles. The third kappa shape index (κ3) is 5.99. The van der Waals surface area contributed by atoms with Crippen LogP contribution < -0.4 is 5.32 Å². The van der Waals surface area contributed by atoms with Crippen molar-refractivity contribution in [3.05, 3.63) is 47.8 Å². The molecule has 0 amide bonds. The van der Waals surface area contributed by atoms with Crippen molar-refractivity contribution in [1.82, 2.24) is 10.2 Å². The second-order valence-corrected chi connectivity index (χ2v) is 4.87. The number of rotatable bonds is 9. The van der Waals surface area contributed by atoms with Crippen LogP contribution in [0.25, 0.3) is 0 Å². The predicted octanol–water partition coefficient (Wildman–Crippen LogP) is 3.33. The van der Waals surface area contributed by atoms with Crippen LogP contribution in [0, 0.1) is 5.82 Å². The molecule has 0 aliphatic heterocycles. The molecule has 19 heavy (non-hydrogen) atoms. The van der Waals surface area contributed by atoms with Crippen LogP contribution in [0.5, 0.6) is 0 Å². The van der Waals surface area contributed by atoms with E-state index in [9.17, 15) is 4.39 Å². The molecule has 1 N–H and O–H groups in total. The number of allylic oxidation sites excluding steroid dienone is 1. The average Bonchev–Trinajstić information content (AvgIpc) is 2.40. The fourth-order valence-corrected chi connectivity index (χ4v) is 2.00. The van der Waals surface area contributed by atoms with Crippen LogP contribution in [0.3, 0.4) is 0 Å². The number of nitrogens with zero attached hydrogens (tertiary/aromatic N) is 1. The molecule has 0 aliphatic carbocycles. The molecule has 0 aliphatic rings. The number of halogens is 1. The van der Waals surface area contributed by atoms with Crippen LogP contribution in [0.4, 0.5) is 4.39 Å². The summed E-state index contributed by atoms with van der Waals surface area (Å²) in [6, 6.07) is 5.38. The highest BCUT2D eigenvalue weighted by Crippen LogP contribution is 2.13. The largest absolute Gasteiger partial charge is 0.313 e. The van der Waals surface area contributed by atoms with Gasteiger partial charge in [-0.25, -0.2) is 4.39 Å². The summed E-state index contributed by atoms with van der Waals surface area (Å²) < 4.78 is 13.8. The standard InChI is InChI=1S/C16H25FN2/c1-4-6-7-10-19(3)13-15-11-14(12-18-5-2)8-9-16(15)17/h4,8-9,11,18H,1,5-7,10,12-13H2,2-3H3. The lowest BCUT2D eigenvalue weighted by Gasteiger charge is -2.17. The van der Waals surface area contributed by atoms with Crippen molar-refractivity contribution in [2.75, 3.05) is 20.1 Å². The Morgan fingerprint density at radius 2 is 2.21 bits per heavy atom. The molecule has 0 saturated carbocycles. The molecule has 1 aromatic carbocycles. The lowest BCUT2D eigenvalue weighted by atomic mass is 10.1. The first kappa shape index (κ1) is 15.9. The average molecular weight is 264 g/mol. The molecule has 3 heteroatoms. The highest BCUT2D eigenvalue weighted by Gasteiger charge is 2.06. The van der Waals surface area contributed by atoms with Gasteiger partial charge >= 0.3 is 0 Å². The molecule has 106 valence electrons. The fraction of sp³-hybridized carbons (Fsp3) is 0.500. The smallest absolute Gasteiger partial charge is 0.127 e. The summed E-state index contributed by atoms with van der Waals surface area (Å²) in [7, 11) is 2.03. The second-order valence-electron chi connectivity index (χ2n) is 4.87. The molecular weight excluding hydrogens is 239 g/mol. The molecular formula is C16H25FN2. The van der Waals surface area contributed by atoms with E-state index in [0.29, 0.717) is 6.54 Å². The molecule has 0 bridgehead atoms. The van der Waals surface area contributed by atoms with Crippen molar-refractivity contribution in [1.29, 1.82) is 0 Å². The van der Waals surface area contributed by atoms with E-state index >= 15 is 0 Å². The molecule has 1 rings (SSSR count). The number of unbranched alkanes of at least 4 members (excludes halogenated alkanes) is 1. The number of nitrogens with one attached hydrogen (secondary N) is 1. The van der Waals surface area contributed by atoms with Crippen LogP contribution in [0.15, 0.2) is 30.9 Å². The minimum Gasteiger partial charge on any atom is -0.313 e. The van der Waals surface area contributed by atoms with Crippen LogP contribution in [0.2, 0.25) is 0 Å². The summed E-state index contributed by atoms with van der Waals surface area (Å²) in [6.45, 7) is 9.11.